The van der Waals surface area contributed by atoms with Gasteiger partial charge in [0.2, 0.25) is 5.88 Å². The average molecular weight is 447 g/mol. The van der Waals surface area contributed by atoms with Gasteiger partial charge in [0.25, 0.3) is 0 Å². The van der Waals surface area contributed by atoms with Crippen molar-refractivity contribution in [1.29, 1.82) is 0 Å². The lowest BCUT2D eigenvalue weighted by molar-refractivity contribution is 0.0277. The summed E-state index contributed by atoms with van der Waals surface area (Å²) in [5, 5.41) is 3.03. The molecule has 0 saturated carbocycles. The normalized spacial score (nSPS) is 14.9. The summed E-state index contributed by atoms with van der Waals surface area (Å²) in [7, 11) is 0. The maximum atomic E-state index is 13.4. The highest BCUT2D eigenvalue weighted by Gasteiger charge is 2.24. The van der Waals surface area contributed by atoms with Gasteiger partial charge in [-0.2, -0.15) is 0 Å². The van der Waals surface area contributed by atoms with Crippen LogP contribution >= 0.6 is 0 Å². The second-order valence-electron chi connectivity index (χ2n) is 8.10. The van der Waals surface area contributed by atoms with Crippen molar-refractivity contribution < 1.29 is 14.3 Å². The Balaban J connectivity index is 1.46. The van der Waals surface area contributed by atoms with Gasteiger partial charge in [-0.25, -0.2) is 9.78 Å². The van der Waals surface area contributed by atoms with E-state index in [1.165, 1.54) is 0 Å². The second kappa shape index (κ2) is 11.4. The van der Waals surface area contributed by atoms with Gasteiger partial charge in [-0.05, 0) is 30.7 Å². The van der Waals surface area contributed by atoms with Crippen molar-refractivity contribution in [1.82, 2.24) is 14.8 Å². The Hall–Kier alpha value is -3.42. The van der Waals surface area contributed by atoms with Crippen molar-refractivity contribution in [3.8, 4) is 11.6 Å². The largest absolute Gasteiger partial charge is 0.439 e. The molecule has 1 saturated heterocycles. The summed E-state index contributed by atoms with van der Waals surface area (Å²) >= 11 is 0. The van der Waals surface area contributed by atoms with Crippen molar-refractivity contribution in [2.24, 2.45) is 0 Å². The van der Waals surface area contributed by atoms with Crippen LogP contribution in [0.5, 0.6) is 11.6 Å². The molecule has 1 atom stereocenters. The third-order valence-corrected chi connectivity index (χ3v) is 5.57. The minimum absolute atomic E-state index is 0.0187. The van der Waals surface area contributed by atoms with Crippen molar-refractivity contribution >= 4 is 11.7 Å². The maximum absolute atomic E-state index is 13.4. The molecular weight excluding hydrogens is 416 g/mol. The standard InChI is InChI=1S/C26H30N4O3/c1-21(19-29-14-16-32-17-15-29)30(20-22-8-4-2-5-9-22)26(31)28-23-12-13-27-25(18-23)33-24-10-6-3-7-11-24/h2-13,18,21H,14-17,19-20H2,1H3,(H,27,28,31)/t21-/m1/s1. The number of benzene rings is 2. The van der Waals surface area contributed by atoms with Crippen LogP contribution in [0.3, 0.4) is 0 Å². The van der Waals surface area contributed by atoms with Crippen LogP contribution in [0.25, 0.3) is 0 Å². The van der Waals surface area contributed by atoms with Gasteiger partial charge in [-0.15, -0.1) is 0 Å². The predicted molar refractivity (Wildman–Crippen MR) is 128 cm³/mol. The molecule has 1 aliphatic heterocycles. The van der Waals surface area contributed by atoms with E-state index in [2.05, 4.69) is 22.1 Å². The molecule has 33 heavy (non-hydrogen) atoms. The molecule has 2 heterocycles. The fourth-order valence-corrected chi connectivity index (χ4v) is 3.81. The highest BCUT2D eigenvalue weighted by molar-refractivity contribution is 5.89. The average Bonchev–Trinajstić information content (AvgIpc) is 2.84. The minimum atomic E-state index is -0.156. The lowest BCUT2D eigenvalue weighted by atomic mass is 10.1. The van der Waals surface area contributed by atoms with E-state index in [-0.39, 0.29) is 12.1 Å². The summed E-state index contributed by atoms with van der Waals surface area (Å²) in [5.74, 6) is 1.12. The Morgan fingerprint density at radius 1 is 1.09 bits per heavy atom. The van der Waals surface area contributed by atoms with E-state index >= 15 is 0 Å². The summed E-state index contributed by atoms with van der Waals surface area (Å²) in [5.41, 5.74) is 1.72. The Kier molecular flexibility index (Phi) is 7.90. The molecule has 0 spiro atoms. The molecule has 1 aliphatic rings. The van der Waals surface area contributed by atoms with E-state index in [1.54, 1.807) is 18.3 Å². The first-order valence-corrected chi connectivity index (χ1v) is 11.3. The van der Waals surface area contributed by atoms with Crippen LogP contribution < -0.4 is 10.1 Å². The van der Waals surface area contributed by atoms with Crippen LogP contribution in [0.2, 0.25) is 0 Å². The summed E-state index contributed by atoms with van der Waals surface area (Å²) in [6.45, 7) is 6.65. The number of pyridine rings is 1. The van der Waals surface area contributed by atoms with E-state index in [9.17, 15) is 4.79 Å². The van der Waals surface area contributed by atoms with E-state index < -0.39 is 0 Å². The number of rotatable bonds is 8. The SMILES string of the molecule is C[C@H](CN1CCOCC1)N(Cc1ccccc1)C(=O)Nc1ccnc(Oc2ccccc2)c1. The predicted octanol–water partition coefficient (Wildman–Crippen LogP) is 4.63. The number of urea groups is 1. The molecule has 7 nitrogen and oxygen atoms in total. The van der Waals surface area contributed by atoms with Crippen LogP contribution in [0.15, 0.2) is 79.0 Å². The van der Waals surface area contributed by atoms with Crippen molar-refractivity contribution in [2.45, 2.75) is 19.5 Å². The molecule has 0 bridgehead atoms. The van der Waals surface area contributed by atoms with Gasteiger partial charge in [0.15, 0.2) is 0 Å². The van der Waals surface area contributed by atoms with Gasteiger partial charge in [0.05, 0.1) is 13.2 Å². The number of aromatic nitrogens is 1. The fraction of sp³-hybridized carbons (Fsp3) is 0.308. The quantitative estimate of drug-likeness (QED) is 0.547. The number of amides is 2. The number of para-hydroxylation sites is 1. The zero-order chi connectivity index (χ0) is 22.9. The number of hydrogen-bond acceptors (Lipinski definition) is 5. The first kappa shape index (κ1) is 22.8. The first-order chi connectivity index (χ1) is 16.2. The van der Waals surface area contributed by atoms with Crippen molar-refractivity contribution in [3.05, 3.63) is 84.6 Å². The molecule has 1 N–H and O–H groups in total. The zero-order valence-corrected chi connectivity index (χ0v) is 18.9. The van der Waals surface area contributed by atoms with E-state index in [1.807, 2.05) is 65.6 Å². The van der Waals surface area contributed by atoms with Crippen LogP contribution in [0.1, 0.15) is 12.5 Å². The lowest BCUT2D eigenvalue weighted by Crippen LogP contribution is -2.49. The highest BCUT2D eigenvalue weighted by Crippen LogP contribution is 2.22. The monoisotopic (exact) mass is 446 g/mol. The molecule has 0 radical (unpaired) electrons. The zero-order valence-electron chi connectivity index (χ0n) is 18.9. The molecular formula is C26H30N4O3. The lowest BCUT2D eigenvalue weighted by Gasteiger charge is -2.35. The topological polar surface area (TPSA) is 66.9 Å². The fourth-order valence-electron chi connectivity index (χ4n) is 3.81. The Bertz CT molecular complexity index is 1010. The van der Waals surface area contributed by atoms with Gasteiger partial charge < -0.3 is 19.7 Å². The molecule has 7 heteroatoms. The third kappa shape index (κ3) is 6.78. The summed E-state index contributed by atoms with van der Waals surface area (Å²) in [6, 6.07) is 22.9. The van der Waals surface area contributed by atoms with Crippen LogP contribution in [0.4, 0.5) is 10.5 Å². The van der Waals surface area contributed by atoms with Crippen LogP contribution in [-0.2, 0) is 11.3 Å². The van der Waals surface area contributed by atoms with Crippen molar-refractivity contribution in [3.63, 3.8) is 0 Å². The first-order valence-electron chi connectivity index (χ1n) is 11.3. The van der Waals surface area contributed by atoms with Crippen LogP contribution in [0, 0.1) is 0 Å². The smallest absolute Gasteiger partial charge is 0.322 e. The molecule has 2 amide bonds. The Morgan fingerprint density at radius 3 is 2.52 bits per heavy atom. The molecule has 3 aromatic rings. The number of morpholine rings is 1. The molecule has 1 aromatic heterocycles. The third-order valence-electron chi connectivity index (χ3n) is 5.57. The molecule has 0 aliphatic carbocycles. The molecule has 172 valence electrons. The summed E-state index contributed by atoms with van der Waals surface area (Å²) in [6.07, 6.45) is 1.63. The minimum Gasteiger partial charge on any atom is -0.439 e. The Morgan fingerprint density at radius 2 is 1.79 bits per heavy atom. The van der Waals surface area contributed by atoms with Crippen molar-refractivity contribution in [2.75, 3.05) is 38.2 Å². The molecule has 2 aromatic carbocycles. The number of nitrogens with one attached hydrogen (secondary N) is 1. The van der Waals surface area contributed by atoms with E-state index in [4.69, 9.17) is 9.47 Å². The van der Waals surface area contributed by atoms with E-state index in [0.29, 0.717) is 23.9 Å². The van der Waals surface area contributed by atoms with Gasteiger partial charge in [-0.3, -0.25) is 4.90 Å². The van der Waals surface area contributed by atoms with Crippen LogP contribution in [-0.4, -0.2) is 59.7 Å². The molecule has 4 rings (SSSR count). The van der Waals surface area contributed by atoms with Gasteiger partial charge >= 0.3 is 6.03 Å². The van der Waals surface area contributed by atoms with Gasteiger partial charge in [0, 0.05) is 50.2 Å². The number of nitrogens with zero attached hydrogens (tertiary/aromatic N) is 3. The second-order valence-corrected chi connectivity index (χ2v) is 8.10. The van der Waals surface area contributed by atoms with Gasteiger partial charge in [0.1, 0.15) is 5.75 Å². The summed E-state index contributed by atoms with van der Waals surface area (Å²) in [4.78, 5) is 21.9. The van der Waals surface area contributed by atoms with E-state index in [0.717, 1.165) is 38.4 Å². The molecule has 0 unspecified atom stereocenters. The number of carbonyl (C=O) groups is 1. The highest BCUT2D eigenvalue weighted by atomic mass is 16.5. The number of carbonyl (C=O) groups excluding carboxylic acids is 1. The molecule has 1 fully saturated rings. The summed E-state index contributed by atoms with van der Waals surface area (Å²) < 4.78 is 11.3. The maximum Gasteiger partial charge on any atom is 0.322 e. The number of hydrogen-bond donors (Lipinski definition) is 1. The Labute approximate surface area is 195 Å². The van der Waals surface area contributed by atoms with Gasteiger partial charge in [-0.1, -0.05) is 48.5 Å². The number of ether oxygens (including phenoxy) is 2. The number of anilines is 1.